The third-order valence-corrected chi connectivity index (χ3v) is 3.01. The molecule has 1 saturated heterocycles. The number of ether oxygens (including phenoxy) is 3. The Balaban J connectivity index is 2.62. The molecule has 0 radical (unpaired) electrons. The second kappa shape index (κ2) is 3.51. The summed E-state index contributed by atoms with van der Waals surface area (Å²) >= 11 is 0. The van der Waals surface area contributed by atoms with Gasteiger partial charge in [-0.05, 0) is 27.7 Å². The number of carbonyl (C=O) groups is 1. The van der Waals surface area contributed by atoms with Crippen molar-refractivity contribution in [3.8, 4) is 0 Å². The summed E-state index contributed by atoms with van der Waals surface area (Å²) in [4.78, 5) is 11.4. The van der Waals surface area contributed by atoms with Gasteiger partial charge in [-0.15, -0.1) is 0 Å². The molecule has 1 aliphatic heterocycles. The van der Waals surface area contributed by atoms with Gasteiger partial charge in [-0.1, -0.05) is 0 Å². The average molecular weight is 202 g/mol. The van der Waals surface area contributed by atoms with Gasteiger partial charge in [0.05, 0.1) is 12.2 Å². The number of methoxy groups -OCH3 is 1. The van der Waals surface area contributed by atoms with E-state index in [1.54, 1.807) is 14.0 Å². The summed E-state index contributed by atoms with van der Waals surface area (Å²) in [5, 5.41) is 0. The van der Waals surface area contributed by atoms with E-state index in [0.29, 0.717) is 6.61 Å². The number of rotatable bonds is 4. The maximum absolute atomic E-state index is 11.4. The fourth-order valence-corrected chi connectivity index (χ4v) is 1.36. The molecular formula is C10H18O4. The first kappa shape index (κ1) is 11.5. The molecule has 82 valence electrons. The molecule has 1 rings (SSSR count). The normalized spacial score (nSPS) is 31.4. The molecule has 1 aliphatic rings. The summed E-state index contributed by atoms with van der Waals surface area (Å²) in [6.07, 6.45) is -0.489. The third kappa shape index (κ3) is 1.64. The molecule has 0 saturated carbocycles. The lowest BCUT2D eigenvalue weighted by Crippen LogP contribution is -2.42. The van der Waals surface area contributed by atoms with E-state index in [1.807, 2.05) is 20.8 Å². The Morgan fingerprint density at radius 1 is 1.57 bits per heavy atom. The molecule has 0 aromatic rings. The van der Waals surface area contributed by atoms with Crippen LogP contribution in [0.25, 0.3) is 0 Å². The van der Waals surface area contributed by atoms with Gasteiger partial charge in [0.15, 0.2) is 6.10 Å². The highest BCUT2D eigenvalue weighted by Crippen LogP contribution is 2.47. The first-order valence-corrected chi connectivity index (χ1v) is 4.78. The standard InChI is InChI=1S/C10H18O4/c1-6-13-8(11)7-10(4,14-7)9(2,3)12-5/h7H,6H2,1-5H3. The van der Waals surface area contributed by atoms with E-state index in [-0.39, 0.29) is 5.97 Å². The number of hydrogen-bond donors (Lipinski definition) is 0. The van der Waals surface area contributed by atoms with Crippen LogP contribution in [0.3, 0.4) is 0 Å². The second-order valence-corrected chi connectivity index (χ2v) is 4.07. The summed E-state index contributed by atoms with van der Waals surface area (Å²) in [5.74, 6) is -0.305. The van der Waals surface area contributed by atoms with E-state index >= 15 is 0 Å². The van der Waals surface area contributed by atoms with Crippen LogP contribution < -0.4 is 0 Å². The van der Waals surface area contributed by atoms with Gasteiger partial charge in [0.2, 0.25) is 0 Å². The van der Waals surface area contributed by atoms with Crippen LogP contribution in [-0.2, 0) is 19.0 Å². The Morgan fingerprint density at radius 2 is 2.14 bits per heavy atom. The van der Waals surface area contributed by atoms with Crippen molar-refractivity contribution in [1.29, 1.82) is 0 Å². The van der Waals surface area contributed by atoms with Crippen LogP contribution in [0.15, 0.2) is 0 Å². The van der Waals surface area contributed by atoms with Crippen molar-refractivity contribution in [3.05, 3.63) is 0 Å². The molecule has 0 spiro atoms. The Bertz CT molecular complexity index is 236. The summed E-state index contributed by atoms with van der Waals surface area (Å²) in [7, 11) is 1.61. The smallest absolute Gasteiger partial charge is 0.338 e. The molecule has 1 heterocycles. The van der Waals surface area contributed by atoms with E-state index in [2.05, 4.69) is 0 Å². The topological polar surface area (TPSA) is 48.1 Å². The number of carbonyl (C=O) groups excluding carboxylic acids is 1. The van der Waals surface area contributed by atoms with Crippen LogP contribution in [0, 0.1) is 0 Å². The van der Waals surface area contributed by atoms with Crippen molar-refractivity contribution in [3.63, 3.8) is 0 Å². The SMILES string of the molecule is CCOC(=O)C1OC1(C)C(C)(C)OC. The summed E-state index contributed by atoms with van der Waals surface area (Å²) in [6.45, 7) is 7.80. The van der Waals surface area contributed by atoms with Crippen molar-refractivity contribution in [2.45, 2.75) is 45.0 Å². The molecular weight excluding hydrogens is 184 g/mol. The molecule has 4 heteroatoms. The van der Waals surface area contributed by atoms with Crippen molar-refractivity contribution in [2.24, 2.45) is 0 Å². The maximum atomic E-state index is 11.4. The Labute approximate surface area is 84.5 Å². The minimum atomic E-state index is -0.562. The van der Waals surface area contributed by atoms with Crippen molar-refractivity contribution in [2.75, 3.05) is 13.7 Å². The monoisotopic (exact) mass is 202 g/mol. The van der Waals surface area contributed by atoms with Gasteiger partial charge in [-0.3, -0.25) is 0 Å². The lowest BCUT2D eigenvalue weighted by atomic mass is 9.89. The summed E-state index contributed by atoms with van der Waals surface area (Å²) in [6, 6.07) is 0. The van der Waals surface area contributed by atoms with Gasteiger partial charge < -0.3 is 14.2 Å². The first-order valence-electron chi connectivity index (χ1n) is 4.78. The molecule has 0 aromatic heterocycles. The van der Waals surface area contributed by atoms with Crippen molar-refractivity contribution in [1.82, 2.24) is 0 Å². The molecule has 0 N–H and O–H groups in total. The predicted octanol–water partition coefficient (Wildman–Crippen LogP) is 1.13. The molecule has 0 bridgehead atoms. The maximum Gasteiger partial charge on any atom is 0.338 e. The van der Waals surface area contributed by atoms with E-state index in [9.17, 15) is 4.79 Å². The number of esters is 1. The Hall–Kier alpha value is -0.610. The first-order chi connectivity index (χ1) is 6.39. The van der Waals surface area contributed by atoms with Crippen LogP contribution in [0.5, 0.6) is 0 Å². The highest BCUT2D eigenvalue weighted by Gasteiger charge is 2.66. The number of hydrogen-bond acceptors (Lipinski definition) is 4. The lowest BCUT2D eigenvalue weighted by molar-refractivity contribution is -0.144. The van der Waals surface area contributed by atoms with Gasteiger partial charge >= 0.3 is 5.97 Å². The quantitative estimate of drug-likeness (QED) is 0.506. The largest absolute Gasteiger partial charge is 0.464 e. The van der Waals surface area contributed by atoms with Gasteiger partial charge in [-0.25, -0.2) is 4.79 Å². The van der Waals surface area contributed by atoms with E-state index in [1.165, 1.54) is 0 Å². The zero-order valence-corrected chi connectivity index (χ0v) is 9.42. The summed E-state index contributed by atoms with van der Waals surface area (Å²) < 4.78 is 15.5. The second-order valence-electron chi connectivity index (χ2n) is 4.07. The zero-order valence-electron chi connectivity index (χ0n) is 9.42. The molecule has 2 atom stereocenters. The minimum Gasteiger partial charge on any atom is -0.464 e. The number of epoxide rings is 1. The fourth-order valence-electron chi connectivity index (χ4n) is 1.36. The zero-order chi connectivity index (χ0) is 11.0. The van der Waals surface area contributed by atoms with Crippen LogP contribution in [-0.4, -0.2) is 37.0 Å². The minimum absolute atomic E-state index is 0.305. The molecule has 0 amide bonds. The van der Waals surface area contributed by atoms with Crippen LogP contribution >= 0.6 is 0 Å². The van der Waals surface area contributed by atoms with Crippen LogP contribution in [0.4, 0.5) is 0 Å². The van der Waals surface area contributed by atoms with E-state index < -0.39 is 17.3 Å². The van der Waals surface area contributed by atoms with Crippen molar-refractivity contribution >= 4 is 5.97 Å². The van der Waals surface area contributed by atoms with Crippen LogP contribution in [0.2, 0.25) is 0 Å². The van der Waals surface area contributed by atoms with Crippen LogP contribution in [0.1, 0.15) is 27.7 Å². The Kier molecular flexibility index (Phi) is 2.88. The lowest BCUT2D eigenvalue weighted by Gasteiger charge is -2.27. The highest BCUT2D eigenvalue weighted by molar-refractivity contribution is 5.79. The molecule has 14 heavy (non-hydrogen) atoms. The average Bonchev–Trinajstić information content (AvgIpc) is 2.81. The van der Waals surface area contributed by atoms with Gasteiger partial charge in [-0.2, -0.15) is 0 Å². The predicted molar refractivity (Wildman–Crippen MR) is 51.0 cm³/mol. The molecule has 0 aliphatic carbocycles. The molecule has 1 fully saturated rings. The fraction of sp³-hybridized carbons (Fsp3) is 0.900. The third-order valence-electron chi connectivity index (χ3n) is 3.01. The van der Waals surface area contributed by atoms with Gasteiger partial charge in [0.25, 0.3) is 0 Å². The van der Waals surface area contributed by atoms with E-state index in [0.717, 1.165) is 0 Å². The molecule has 2 unspecified atom stereocenters. The summed E-state index contributed by atoms with van der Waals surface area (Å²) in [5.41, 5.74) is -1.04. The van der Waals surface area contributed by atoms with Crippen molar-refractivity contribution < 1.29 is 19.0 Å². The molecule has 4 nitrogen and oxygen atoms in total. The highest BCUT2D eigenvalue weighted by atomic mass is 16.7. The van der Waals surface area contributed by atoms with E-state index in [4.69, 9.17) is 14.2 Å². The Morgan fingerprint density at radius 3 is 2.57 bits per heavy atom. The van der Waals surface area contributed by atoms with Gasteiger partial charge in [0, 0.05) is 7.11 Å². The molecule has 0 aromatic carbocycles. The van der Waals surface area contributed by atoms with Gasteiger partial charge in [0.1, 0.15) is 5.60 Å².